The third-order valence-electron chi connectivity index (χ3n) is 2.89. The van der Waals surface area contributed by atoms with Gasteiger partial charge in [-0.1, -0.05) is 6.07 Å². The minimum Gasteiger partial charge on any atom is -0.334 e. The van der Waals surface area contributed by atoms with Crippen LogP contribution in [0.3, 0.4) is 0 Å². The number of carbonyl (C=O) groups excluding carboxylic acids is 1. The molecule has 0 atom stereocenters. The number of H-pyrrole nitrogens is 2. The van der Waals surface area contributed by atoms with Crippen LogP contribution in [0.2, 0.25) is 0 Å². The van der Waals surface area contributed by atoms with Crippen molar-refractivity contribution in [3.05, 3.63) is 42.1 Å². The topological polar surface area (TPSA) is 90.6 Å². The van der Waals surface area contributed by atoms with Crippen LogP contribution in [0.5, 0.6) is 0 Å². The summed E-state index contributed by atoms with van der Waals surface area (Å²) in [5.74, 6) is 0.575. The zero-order valence-electron chi connectivity index (χ0n) is 10.3. The van der Waals surface area contributed by atoms with Gasteiger partial charge in [-0.3, -0.25) is 15.0 Å². The van der Waals surface area contributed by atoms with Crippen molar-refractivity contribution in [3.63, 3.8) is 0 Å². The molecule has 2 aromatic heterocycles. The van der Waals surface area contributed by atoms with E-state index in [1.807, 2.05) is 6.07 Å². The van der Waals surface area contributed by atoms with Crippen LogP contribution in [0, 0.1) is 0 Å². The molecular formula is C12H12N6O. The van der Waals surface area contributed by atoms with E-state index >= 15 is 0 Å². The average Bonchev–Trinajstić information content (AvgIpc) is 3.07. The Hall–Kier alpha value is -2.70. The molecule has 3 aromatic rings. The van der Waals surface area contributed by atoms with Gasteiger partial charge in [0.05, 0.1) is 18.3 Å². The van der Waals surface area contributed by atoms with Crippen molar-refractivity contribution >= 4 is 16.8 Å². The zero-order chi connectivity index (χ0) is 13.2. The highest BCUT2D eigenvalue weighted by atomic mass is 16.2. The SMILES string of the molecule is CN(Cc1ncn[nH]1)C(=O)c1ccc2cn[nH]c2c1. The van der Waals surface area contributed by atoms with E-state index in [9.17, 15) is 4.79 Å². The lowest BCUT2D eigenvalue weighted by Gasteiger charge is -2.15. The normalized spacial score (nSPS) is 10.8. The second kappa shape index (κ2) is 4.52. The molecule has 1 aromatic carbocycles. The number of fused-ring (bicyclic) bond motifs is 1. The van der Waals surface area contributed by atoms with Crippen molar-refractivity contribution in [3.8, 4) is 0 Å². The van der Waals surface area contributed by atoms with Gasteiger partial charge >= 0.3 is 0 Å². The van der Waals surface area contributed by atoms with E-state index < -0.39 is 0 Å². The van der Waals surface area contributed by atoms with Crippen LogP contribution in [0.4, 0.5) is 0 Å². The lowest BCUT2D eigenvalue weighted by atomic mass is 10.1. The molecule has 0 bridgehead atoms. The Kier molecular flexibility index (Phi) is 2.71. The number of nitrogens with one attached hydrogen (secondary N) is 2. The summed E-state index contributed by atoms with van der Waals surface area (Å²) in [6.45, 7) is 0.389. The first kappa shape index (κ1) is 11.4. The first-order valence-electron chi connectivity index (χ1n) is 5.77. The average molecular weight is 256 g/mol. The molecule has 2 heterocycles. The second-order valence-electron chi connectivity index (χ2n) is 4.27. The van der Waals surface area contributed by atoms with Crippen LogP contribution in [0.1, 0.15) is 16.2 Å². The maximum Gasteiger partial charge on any atom is 0.254 e. The van der Waals surface area contributed by atoms with Crippen LogP contribution >= 0.6 is 0 Å². The van der Waals surface area contributed by atoms with Crippen molar-refractivity contribution in [2.45, 2.75) is 6.54 Å². The molecule has 0 aliphatic heterocycles. The number of hydrogen-bond acceptors (Lipinski definition) is 4. The highest BCUT2D eigenvalue weighted by Crippen LogP contribution is 2.14. The van der Waals surface area contributed by atoms with Gasteiger partial charge in [0.25, 0.3) is 5.91 Å². The molecule has 96 valence electrons. The van der Waals surface area contributed by atoms with Crippen molar-refractivity contribution in [2.24, 2.45) is 0 Å². The highest BCUT2D eigenvalue weighted by Gasteiger charge is 2.13. The lowest BCUT2D eigenvalue weighted by molar-refractivity contribution is 0.0782. The van der Waals surface area contributed by atoms with Crippen LogP contribution in [-0.2, 0) is 6.54 Å². The van der Waals surface area contributed by atoms with Crippen LogP contribution < -0.4 is 0 Å². The van der Waals surface area contributed by atoms with Gasteiger partial charge in [-0.2, -0.15) is 10.2 Å². The summed E-state index contributed by atoms with van der Waals surface area (Å²) >= 11 is 0. The van der Waals surface area contributed by atoms with Gasteiger partial charge in [0.2, 0.25) is 0 Å². The minimum atomic E-state index is -0.0760. The first-order chi connectivity index (χ1) is 9.24. The van der Waals surface area contributed by atoms with Gasteiger partial charge in [-0.05, 0) is 12.1 Å². The summed E-state index contributed by atoms with van der Waals surface area (Å²) in [4.78, 5) is 17.8. The molecular weight excluding hydrogens is 244 g/mol. The molecule has 0 aliphatic rings. The number of carbonyl (C=O) groups is 1. The summed E-state index contributed by atoms with van der Waals surface area (Å²) < 4.78 is 0. The Labute approximate surface area is 108 Å². The monoisotopic (exact) mass is 256 g/mol. The highest BCUT2D eigenvalue weighted by molar-refractivity contribution is 5.97. The zero-order valence-corrected chi connectivity index (χ0v) is 10.3. The number of amides is 1. The van der Waals surface area contributed by atoms with Gasteiger partial charge < -0.3 is 4.90 Å². The number of nitrogens with zero attached hydrogens (tertiary/aromatic N) is 4. The van der Waals surface area contributed by atoms with Gasteiger partial charge in [0, 0.05) is 18.0 Å². The molecule has 0 spiro atoms. The molecule has 0 fully saturated rings. The predicted molar refractivity (Wildman–Crippen MR) is 68.3 cm³/mol. The van der Waals surface area contributed by atoms with Gasteiger partial charge in [-0.15, -0.1) is 0 Å². The molecule has 19 heavy (non-hydrogen) atoms. The number of hydrogen-bond donors (Lipinski definition) is 2. The van der Waals surface area contributed by atoms with Gasteiger partial charge in [-0.25, -0.2) is 4.98 Å². The van der Waals surface area contributed by atoms with Crippen molar-refractivity contribution in [1.82, 2.24) is 30.3 Å². The quantitative estimate of drug-likeness (QED) is 0.730. The van der Waals surface area contributed by atoms with Crippen molar-refractivity contribution < 1.29 is 4.79 Å². The molecule has 0 unspecified atom stereocenters. The van der Waals surface area contributed by atoms with Crippen molar-refractivity contribution in [2.75, 3.05) is 7.05 Å². The Morgan fingerprint density at radius 2 is 2.21 bits per heavy atom. The Morgan fingerprint density at radius 3 is 3.00 bits per heavy atom. The molecule has 2 N–H and O–H groups in total. The van der Waals surface area contributed by atoms with E-state index in [0.29, 0.717) is 17.9 Å². The fourth-order valence-corrected chi connectivity index (χ4v) is 1.89. The molecule has 1 amide bonds. The molecule has 7 heteroatoms. The second-order valence-corrected chi connectivity index (χ2v) is 4.27. The standard InChI is InChI=1S/C12H12N6O/c1-18(6-11-13-7-15-17-11)12(19)8-2-3-9-5-14-16-10(9)4-8/h2-5,7H,6H2,1H3,(H,14,16)(H,13,15,17). The van der Waals surface area contributed by atoms with E-state index in [-0.39, 0.29) is 5.91 Å². The van der Waals surface area contributed by atoms with Gasteiger partial charge in [0.1, 0.15) is 12.2 Å². The summed E-state index contributed by atoms with van der Waals surface area (Å²) in [5, 5.41) is 14.2. The summed E-state index contributed by atoms with van der Waals surface area (Å²) in [5.41, 5.74) is 1.46. The third-order valence-corrected chi connectivity index (χ3v) is 2.89. The summed E-state index contributed by atoms with van der Waals surface area (Å²) in [7, 11) is 1.72. The van der Waals surface area contributed by atoms with E-state index in [1.54, 1.807) is 30.3 Å². The Morgan fingerprint density at radius 1 is 1.32 bits per heavy atom. The maximum atomic E-state index is 12.3. The number of rotatable bonds is 3. The minimum absolute atomic E-state index is 0.0760. The Bertz CT molecular complexity index is 702. The largest absolute Gasteiger partial charge is 0.334 e. The van der Waals surface area contributed by atoms with Crippen molar-refractivity contribution in [1.29, 1.82) is 0 Å². The summed E-state index contributed by atoms with van der Waals surface area (Å²) in [6, 6.07) is 5.45. The number of benzene rings is 1. The maximum absolute atomic E-state index is 12.3. The molecule has 0 saturated carbocycles. The fraction of sp³-hybridized carbons (Fsp3) is 0.167. The first-order valence-corrected chi connectivity index (χ1v) is 5.77. The lowest BCUT2D eigenvalue weighted by Crippen LogP contribution is -2.26. The molecule has 0 radical (unpaired) electrons. The van der Waals surface area contributed by atoms with E-state index in [1.165, 1.54) is 6.33 Å². The Balaban J connectivity index is 1.82. The number of aromatic nitrogens is 5. The molecule has 7 nitrogen and oxygen atoms in total. The van der Waals surface area contributed by atoms with Crippen LogP contribution in [0.15, 0.2) is 30.7 Å². The van der Waals surface area contributed by atoms with E-state index in [0.717, 1.165) is 10.9 Å². The molecule has 3 rings (SSSR count). The molecule has 0 saturated heterocycles. The van der Waals surface area contributed by atoms with Crippen LogP contribution in [-0.4, -0.2) is 43.2 Å². The third kappa shape index (κ3) is 2.17. The van der Waals surface area contributed by atoms with E-state index in [2.05, 4.69) is 25.4 Å². The summed E-state index contributed by atoms with van der Waals surface area (Å²) in [6.07, 6.45) is 3.14. The van der Waals surface area contributed by atoms with Crippen LogP contribution in [0.25, 0.3) is 10.9 Å². The fourth-order valence-electron chi connectivity index (χ4n) is 1.89. The van der Waals surface area contributed by atoms with E-state index in [4.69, 9.17) is 0 Å². The predicted octanol–water partition coefficient (Wildman–Crippen LogP) is 0.953. The molecule has 0 aliphatic carbocycles. The smallest absolute Gasteiger partial charge is 0.254 e. The van der Waals surface area contributed by atoms with Gasteiger partial charge in [0.15, 0.2) is 0 Å². The number of aromatic amines is 2.